The normalized spacial score (nSPS) is 23.9. The van der Waals surface area contributed by atoms with Crippen LogP contribution in [0.25, 0.3) is 0 Å². The smallest absolute Gasteiger partial charge is 0.307 e. The van der Waals surface area contributed by atoms with Crippen LogP contribution in [0.5, 0.6) is 0 Å². The summed E-state index contributed by atoms with van der Waals surface area (Å²) < 4.78 is 4.58. The van der Waals surface area contributed by atoms with E-state index < -0.39 is 11.5 Å². The van der Waals surface area contributed by atoms with Gasteiger partial charge in [-0.05, 0) is 13.3 Å². The number of nitrogens with zero attached hydrogens (tertiary/aromatic N) is 1. The van der Waals surface area contributed by atoms with Gasteiger partial charge < -0.3 is 10.1 Å². The van der Waals surface area contributed by atoms with Crippen molar-refractivity contribution < 1.29 is 19.1 Å². The van der Waals surface area contributed by atoms with Crippen LogP contribution in [0.3, 0.4) is 0 Å². The number of hydrogen-bond donors (Lipinski definition) is 1. The number of carbonyl (C=O) groups excluding carboxylic acids is 3. The van der Waals surface area contributed by atoms with Crippen LogP contribution < -0.4 is 5.32 Å². The summed E-state index contributed by atoms with van der Waals surface area (Å²) in [5, 5.41) is 2.99. The number of hydrogen-bond acceptors (Lipinski definition) is 5. The molecule has 102 valence electrons. The Morgan fingerprint density at radius 2 is 2.17 bits per heavy atom. The van der Waals surface area contributed by atoms with Gasteiger partial charge in [-0.1, -0.05) is 6.92 Å². The predicted octanol–water partition coefficient (Wildman–Crippen LogP) is 0.0667. The summed E-state index contributed by atoms with van der Waals surface area (Å²) >= 11 is 0. The zero-order valence-electron chi connectivity index (χ0n) is 11.1. The number of rotatable bonds is 4. The first-order valence-corrected chi connectivity index (χ1v) is 6.11. The molecule has 1 atom stereocenters. The van der Waals surface area contributed by atoms with Gasteiger partial charge in [0, 0.05) is 19.5 Å². The van der Waals surface area contributed by atoms with Crippen LogP contribution in [0.2, 0.25) is 0 Å². The Bertz CT molecular complexity index is 356. The maximum atomic E-state index is 12.2. The molecule has 0 aliphatic carbocycles. The summed E-state index contributed by atoms with van der Waals surface area (Å²) in [5.74, 6) is -0.999. The zero-order valence-corrected chi connectivity index (χ0v) is 11.1. The lowest BCUT2D eigenvalue weighted by Crippen LogP contribution is -2.64. The molecule has 1 aliphatic rings. The van der Waals surface area contributed by atoms with E-state index in [0.29, 0.717) is 25.9 Å². The average Bonchev–Trinajstić information content (AvgIpc) is 2.33. The summed E-state index contributed by atoms with van der Waals surface area (Å²) in [6.07, 6.45) is 0.974. The van der Waals surface area contributed by atoms with E-state index in [-0.39, 0.29) is 18.2 Å². The highest BCUT2D eigenvalue weighted by molar-refractivity contribution is 6.02. The highest BCUT2D eigenvalue weighted by atomic mass is 16.5. The molecule has 0 aromatic rings. The van der Waals surface area contributed by atoms with Crippen LogP contribution in [-0.4, -0.2) is 48.4 Å². The molecular formula is C12H20N2O4. The Labute approximate surface area is 107 Å². The van der Waals surface area contributed by atoms with Crippen molar-refractivity contribution in [3.8, 4) is 0 Å². The first-order valence-electron chi connectivity index (χ1n) is 6.11. The third-order valence-corrected chi connectivity index (χ3v) is 3.06. The monoisotopic (exact) mass is 256 g/mol. The van der Waals surface area contributed by atoms with Crippen molar-refractivity contribution in [2.45, 2.75) is 38.6 Å². The van der Waals surface area contributed by atoms with Crippen LogP contribution in [0.1, 0.15) is 33.1 Å². The second-order valence-electron chi connectivity index (χ2n) is 4.61. The van der Waals surface area contributed by atoms with Crippen molar-refractivity contribution in [3.05, 3.63) is 0 Å². The first kappa shape index (κ1) is 14.6. The fourth-order valence-corrected chi connectivity index (χ4v) is 2.00. The Morgan fingerprint density at radius 1 is 1.50 bits per heavy atom. The van der Waals surface area contributed by atoms with Crippen LogP contribution in [-0.2, 0) is 19.1 Å². The number of nitrogens with one attached hydrogen (secondary N) is 1. The Balaban J connectivity index is 2.79. The Hall–Kier alpha value is -1.43. The highest BCUT2D eigenvalue weighted by Gasteiger charge is 2.43. The van der Waals surface area contributed by atoms with E-state index in [1.54, 1.807) is 6.92 Å². The molecule has 0 spiro atoms. The maximum absolute atomic E-state index is 12.2. The van der Waals surface area contributed by atoms with Crippen molar-refractivity contribution in [1.82, 2.24) is 10.2 Å². The molecule has 6 heteroatoms. The number of imide groups is 1. The van der Waals surface area contributed by atoms with Crippen LogP contribution in [0, 0.1) is 0 Å². The third-order valence-electron chi connectivity index (χ3n) is 3.06. The van der Waals surface area contributed by atoms with Crippen LogP contribution in [0.15, 0.2) is 0 Å². The molecule has 1 unspecified atom stereocenters. The number of esters is 1. The lowest BCUT2D eigenvalue weighted by Gasteiger charge is -2.38. The molecule has 18 heavy (non-hydrogen) atoms. The van der Waals surface area contributed by atoms with Crippen molar-refractivity contribution in [2.75, 3.05) is 20.2 Å². The summed E-state index contributed by atoms with van der Waals surface area (Å²) in [5.41, 5.74) is -1.05. The van der Waals surface area contributed by atoms with Gasteiger partial charge in [-0.2, -0.15) is 0 Å². The molecule has 2 amide bonds. The molecule has 6 nitrogen and oxygen atoms in total. The van der Waals surface area contributed by atoms with Gasteiger partial charge in [0.1, 0.15) is 5.54 Å². The number of piperazine rings is 1. The van der Waals surface area contributed by atoms with E-state index in [2.05, 4.69) is 10.1 Å². The maximum Gasteiger partial charge on any atom is 0.307 e. The number of amides is 2. The lowest BCUT2D eigenvalue weighted by molar-refractivity contribution is -0.156. The average molecular weight is 256 g/mol. The molecule has 0 bridgehead atoms. The second kappa shape index (κ2) is 5.95. The molecule has 0 saturated carbocycles. The number of ether oxygens (including phenoxy) is 1. The topological polar surface area (TPSA) is 75.7 Å². The van der Waals surface area contributed by atoms with Gasteiger partial charge in [-0.15, -0.1) is 0 Å². The van der Waals surface area contributed by atoms with Gasteiger partial charge in [0.15, 0.2) is 0 Å². The largest absolute Gasteiger partial charge is 0.469 e. The SMILES string of the molecule is CCCC(=O)N1CCNC(C)(CC(=O)OC)C1=O. The minimum Gasteiger partial charge on any atom is -0.469 e. The minimum atomic E-state index is -1.05. The fraction of sp³-hybridized carbons (Fsp3) is 0.750. The van der Waals surface area contributed by atoms with E-state index in [0.717, 1.165) is 0 Å². The molecule has 0 aromatic heterocycles. The van der Waals surface area contributed by atoms with Gasteiger partial charge >= 0.3 is 5.97 Å². The Kier molecular flexibility index (Phi) is 4.84. The molecule has 1 rings (SSSR count). The van der Waals surface area contributed by atoms with E-state index in [1.165, 1.54) is 12.0 Å². The summed E-state index contributed by atoms with van der Waals surface area (Å²) in [6, 6.07) is 0. The molecule has 1 saturated heterocycles. The van der Waals surface area contributed by atoms with Crippen molar-refractivity contribution in [3.63, 3.8) is 0 Å². The zero-order chi connectivity index (χ0) is 13.8. The summed E-state index contributed by atoms with van der Waals surface area (Å²) in [4.78, 5) is 36.6. The summed E-state index contributed by atoms with van der Waals surface area (Å²) in [6.45, 7) is 4.36. The van der Waals surface area contributed by atoms with Gasteiger partial charge in [-0.3, -0.25) is 19.3 Å². The van der Waals surface area contributed by atoms with E-state index >= 15 is 0 Å². The molecule has 1 aliphatic heterocycles. The Morgan fingerprint density at radius 3 is 2.72 bits per heavy atom. The minimum absolute atomic E-state index is 0.0712. The van der Waals surface area contributed by atoms with Crippen molar-refractivity contribution >= 4 is 17.8 Å². The molecule has 0 radical (unpaired) electrons. The van der Waals surface area contributed by atoms with E-state index in [4.69, 9.17) is 0 Å². The summed E-state index contributed by atoms with van der Waals surface area (Å²) in [7, 11) is 1.28. The quantitative estimate of drug-likeness (QED) is 0.720. The standard InChI is InChI=1S/C12H20N2O4/c1-4-5-9(15)14-7-6-13-12(2,11(14)17)8-10(16)18-3/h13H,4-8H2,1-3H3. The van der Waals surface area contributed by atoms with Gasteiger partial charge in [0.25, 0.3) is 0 Å². The van der Waals surface area contributed by atoms with Crippen LogP contribution in [0.4, 0.5) is 0 Å². The molecule has 0 aromatic carbocycles. The lowest BCUT2D eigenvalue weighted by atomic mass is 9.93. The van der Waals surface area contributed by atoms with Crippen molar-refractivity contribution in [2.24, 2.45) is 0 Å². The predicted molar refractivity (Wildman–Crippen MR) is 64.7 cm³/mol. The number of methoxy groups -OCH3 is 1. The highest BCUT2D eigenvalue weighted by Crippen LogP contribution is 2.19. The molecule has 1 N–H and O–H groups in total. The van der Waals surface area contributed by atoms with E-state index in [1.807, 2.05) is 6.92 Å². The number of carbonyl (C=O) groups is 3. The van der Waals surface area contributed by atoms with Gasteiger partial charge in [-0.25, -0.2) is 0 Å². The molecule has 1 heterocycles. The fourth-order valence-electron chi connectivity index (χ4n) is 2.00. The molecular weight excluding hydrogens is 236 g/mol. The first-order chi connectivity index (χ1) is 8.44. The van der Waals surface area contributed by atoms with E-state index in [9.17, 15) is 14.4 Å². The van der Waals surface area contributed by atoms with Crippen molar-refractivity contribution in [1.29, 1.82) is 0 Å². The van der Waals surface area contributed by atoms with Crippen LogP contribution >= 0.6 is 0 Å². The third kappa shape index (κ3) is 3.07. The van der Waals surface area contributed by atoms with Gasteiger partial charge in [0.2, 0.25) is 11.8 Å². The van der Waals surface area contributed by atoms with Gasteiger partial charge in [0.05, 0.1) is 13.5 Å². The second-order valence-corrected chi connectivity index (χ2v) is 4.61. The molecule has 1 fully saturated rings.